The molecule has 1 aliphatic rings. The Morgan fingerprint density at radius 1 is 1.45 bits per heavy atom. The van der Waals surface area contributed by atoms with Gasteiger partial charge in [-0.25, -0.2) is 0 Å². The average Bonchev–Trinajstić information content (AvgIpc) is 1.75. The van der Waals surface area contributed by atoms with Crippen molar-refractivity contribution < 1.29 is 17.9 Å². The van der Waals surface area contributed by atoms with Crippen molar-refractivity contribution in [3.8, 4) is 0 Å². The quantitative estimate of drug-likeness (QED) is 0.663. The summed E-state index contributed by atoms with van der Waals surface area (Å²) < 4.78 is 41.1. The zero-order chi connectivity index (χ0) is 8.54. The van der Waals surface area contributed by atoms with E-state index in [2.05, 4.69) is 10.1 Å². The Morgan fingerprint density at radius 2 is 2.00 bits per heavy atom. The van der Waals surface area contributed by atoms with Gasteiger partial charge in [0.15, 0.2) is 5.54 Å². The van der Waals surface area contributed by atoms with Crippen LogP contribution in [-0.2, 0) is 4.74 Å². The first-order valence-electron chi connectivity index (χ1n) is 3.41. The summed E-state index contributed by atoms with van der Waals surface area (Å²) in [5, 5.41) is 2.39. The summed E-state index contributed by atoms with van der Waals surface area (Å²) in [6, 6.07) is 0. The molecule has 1 rings (SSSR count). The molecule has 0 aromatic rings. The Bertz CT molecular complexity index is 141. The number of likely N-dealkylation sites (N-methyl/N-ethyl adjacent to an activating group) is 1. The number of hydrogen-bond donors (Lipinski definition) is 1. The number of halogens is 3. The average molecular weight is 169 g/mol. The first kappa shape index (κ1) is 8.80. The van der Waals surface area contributed by atoms with Crippen LogP contribution in [0.5, 0.6) is 0 Å². The van der Waals surface area contributed by atoms with Crippen molar-refractivity contribution in [1.29, 1.82) is 0 Å². The third-order valence-corrected chi connectivity index (χ3v) is 1.75. The summed E-state index contributed by atoms with van der Waals surface area (Å²) in [5.74, 6) is 0. The van der Waals surface area contributed by atoms with Crippen molar-refractivity contribution in [3.63, 3.8) is 0 Å². The van der Waals surface area contributed by atoms with Crippen LogP contribution in [0.25, 0.3) is 0 Å². The molecular formula is C6H10F3NO. The van der Waals surface area contributed by atoms with Crippen LogP contribution in [0, 0.1) is 0 Å². The van der Waals surface area contributed by atoms with Gasteiger partial charge in [0.1, 0.15) is 0 Å². The topological polar surface area (TPSA) is 21.3 Å². The number of nitrogens with one attached hydrogen (secondary N) is 1. The van der Waals surface area contributed by atoms with Crippen molar-refractivity contribution in [2.45, 2.75) is 18.6 Å². The van der Waals surface area contributed by atoms with E-state index >= 15 is 0 Å². The molecule has 2 nitrogen and oxygen atoms in total. The van der Waals surface area contributed by atoms with E-state index in [-0.39, 0.29) is 13.2 Å². The van der Waals surface area contributed by atoms with Crippen LogP contribution in [0.2, 0.25) is 0 Å². The van der Waals surface area contributed by atoms with Crippen LogP contribution in [0.3, 0.4) is 0 Å². The third kappa shape index (κ3) is 1.35. The van der Waals surface area contributed by atoms with E-state index in [1.54, 1.807) is 6.92 Å². The van der Waals surface area contributed by atoms with Crippen LogP contribution < -0.4 is 5.32 Å². The number of alkyl halides is 3. The van der Waals surface area contributed by atoms with E-state index in [0.717, 1.165) is 0 Å². The van der Waals surface area contributed by atoms with E-state index in [9.17, 15) is 13.2 Å². The van der Waals surface area contributed by atoms with Crippen molar-refractivity contribution in [2.24, 2.45) is 0 Å². The van der Waals surface area contributed by atoms with Gasteiger partial charge in [0.05, 0.1) is 13.2 Å². The third-order valence-electron chi connectivity index (χ3n) is 1.75. The maximum absolute atomic E-state index is 12.2. The second-order valence-corrected chi connectivity index (χ2v) is 2.60. The maximum Gasteiger partial charge on any atom is 0.411 e. The van der Waals surface area contributed by atoms with E-state index in [4.69, 9.17) is 0 Å². The summed E-state index contributed by atoms with van der Waals surface area (Å²) in [6.07, 6.45) is -4.19. The van der Waals surface area contributed by atoms with Gasteiger partial charge in [0.25, 0.3) is 0 Å². The minimum absolute atomic E-state index is 0.260. The van der Waals surface area contributed by atoms with Crippen molar-refractivity contribution >= 4 is 0 Å². The summed E-state index contributed by atoms with van der Waals surface area (Å²) in [6.45, 7) is 1.43. The zero-order valence-electron chi connectivity index (χ0n) is 6.16. The van der Waals surface area contributed by atoms with Crippen molar-refractivity contribution in [3.05, 3.63) is 0 Å². The highest BCUT2D eigenvalue weighted by Crippen LogP contribution is 2.35. The molecule has 66 valence electrons. The lowest BCUT2D eigenvalue weighted by molar-refractivity contribution is -0.267. The SMILES string of the molecule is CCNC1(C(F)(F)F)COC1. The minimum atomic E-state index is -4.19. The highest BCUT2D eigenvalue weighted by molar-refractivity contribution is 5.00. The molecule has 0 atom stereocenters. The fraction of sp³-hybridized carbons (Fsp3) is 1.00. The highest BCUT2D eigenvalue weighted by Gasteiger charge is 2.59. The molecule has 0 saturated carbocycles. The van der Waals surface area contributed by atoms with Crippen molar-refractivity contribution in [1.82, 2.24) is 5.32 Å². The van der Waals surface area contributed by atoms with Crippen LogP contribution in [0.4, 0.5) is 13.2 Å². The first-order chi connectivity index (χ1) is 5.02. The van der Waals surface area contributed by atoms with E-state index in [1.807, 2.05) is 0 Å². The molecule has 1 fully saturated rings. The Hall–Kier alpha value is -0.290. The lowest BCUT2D eigenvalue weighted by atomic mass is 9.97. The van der Waals surface area contributed by atoms with Gasteiger partial charge in [-0.15, -0.1) is 0 Å². The zero-order valence-corrected chi connectivity index (χ0v) is 6.16. The Labute approximate surface area is 62.7 Å². The summed E-state index contributed by atoms with van der Waals surface area (Å²) in [5.41, 5.74) is -1.76. The van der Waals surface area contributed by atoms with Gasteiger partial charge < -0.3 is 10.1 Å². The number of ether oxygens (including phenoxy) is 1. The second kappa shape index (κ2) is 2.64. The van der Waals surface area contributed by atoms with Gasteiger partial charge in [0, 0.05) is 0 Å². The Kier molecular flexibility index (Phi) is 2.11. The van der Waals surface area contributed by atoms with Gasteiger partial charge in [-0.3, -0.25) is 0 Å². The molecule has 1 heterocycles. The monoisotopic (exact) mass is 169 g/mol. The molecule has 1 aliphatic heterocycles. The molecule has 0 aromatic carbocycles. The van der Waals surface area contributed by atoms with Crippen LogP contribution in [-0.4, -0.2) is 31.5 Å². The molecule has 0 radical (unpaired) electrons. The molecule has 0 spiro atoms. The Balaban J connectivity index is 2.60. The summed E-state index contributed by atoms with van der Waals surface area (Å²) >= 11 is 0. The molecule has 5 heteroatoms. The van der Waals surface area contributed by atoms with Crippen LogP contribution in [0.1, 0.15) is 6.92 Å². The van der Waals surface area contributed by atoms with Crippen LogP contribution >= 0.6 is 0 Å². The Morgan fingerprint density at radius 3 is 2.09 bits per heavy atom. The van der Waals surface area contributed by atoms with E-state index < -0.39 is 11.7 Å². The fourth-order valence-corrected chi connectivity index (χ4v) is 1.01. The smallest absolute Gasteiger partial charge is 0.377 e. The molecule has 0 aliphatic carbocycles. The molecule has 0 aromatic heterocycles. The molecule has 0 bridgehead atoms. The van der Waals surface area contributed by atoms with Gasteiger partial charge >= 0.3 is 6.18 Å². The predicted octanol–water partition coefficient (Wildman–Crippen LogP) is 0.927. The van der Waals surface area contributed by atoms with E-state index in [0.29, 0.717) is 6.54 Å². The fourth-order valence-electron chi connectivity index (χ4n) is 1.01. The largest absolute Gasteiger partial charge is 0.411 e. The molecular weight excluding hydrogens is 159 g/mol. The van der Waals surface area contributed by atoms with Gasteiger partial charge in [-0.05, 0) is 6.54 Å². The normalized spacial score (nSPS) is 22.9. The molecule has 0 unspecified atom stereocenters. The lowest BCUT2D eigenvalue weighted by Crippen LogP contribution is -2.69. The molecule has 0 amide bonds. The van der Waals surface area contributed by atoms with Crippen LogP contribution in [0.15, 0.2) is 0 Å². The highest BCUT2D eigenvalue weighted by atomic mass is 19.4. The van der Waals surface area contributed by atoms with E-state index in [1.165, 1.54) is 0 Å². The maximum atomic E-state index is 12.2. The molecule has 1 saturated heterocycles. The van der Waals surface area contributed by atoms with Gasteiger partial charge in [0.2, 0.25) is 0 Å². The summed E-state index contributed by atoms with van der Waals surface area (Å²) in [7, 11) is 0. The van der Waals surface area contributed by atoms with Gasteiger partial charge in [-0.2, -0.15) is 13.2 Å². The van der Waals surface area contributed by atoms with Crippen molar-refractivity contribution in [2.75, 3.05) is 19.8 Å². The number of rotatable bonds is 2. The minimum Gasteiger partial charge on any atom is -0.377 e. The summed E-state index contributed by atoms with van der Waals surface area (Å²) in [4.78, 5) is 0. The molecule has 1 N–H and O–H groups in total. The first-order valence-corrected chi connectivity index (χ1v) is 3.41. The number of hydrogen-bond acceptors (Lipinski definition) is 2. The lowest BCUT2D eigenvalue weighted by Gasteiger charge is -2.42. The van der Waals surface area contributed by atoms with Gasteiger partial charge in [-0.1, -0.05) is 6.92 Å². The predicted molar refractivity (Wildman–Crippen MR) is 33.3 cm³/mol. The standard InChI is InChI=1S/C6H10F3NO/c1-2-10-5(3-11-4-5)6(7,8)9/h10H,2-4H2,1H3. The molecule has 11 heavy (non-hydrogen) atoms. The second-order valence-electron chi connectivity index (χ2n) is 2.60.